The third kappa shape index (κ3) is 4.98. The van der Waals surface area contributed by atoms with Crippen molar-refractivity contribution in [2.75, 3.05) is 47.5 Å². The summed E-state index contributed by atoms with van der Waals surface area (Å²) in [7, 11) is -1.88. The van der Waals surface area contributed by atoms with Crippen LogP contribution in [0, 0.1) is 0 Å². The molecule has 11 heteroatoms. The third-order valence-electron chi connectivity index (χ3n) is 6.48. The van der Waals surface area contributed by atoms with Crippen molar-refractivity contribution in [2.24, 2.45) is 0 Å². The molecule has 0 spiro atoms. The minimum atomic E-state index is -3.41. The maximum atomic E-state index is 12.1. The number of pyridine rings is 1. The number of fused-ring (bicyclic) bond motifs is 1. The zero-order chi connectivity index (χ0) is 25.3. The maximum absolute atomic E-state index is 12.1. The van der Waals surface area contributed by atoms with E-state index in [1.165, 1.54) is 23.3 Å². The zero-order valence-electron chi connectivity index (χ0n) is 20.6. The molecule has 4 aromatic rings. The highest BCUT2D eigenvalue weighted by Crippen LogP contribution is 2.25. The molecule has 5 rings (SSSR count). The molecule has 1 atom stereocenters. The first-order valence-electron chi connectivity index (χ1n) is 11.8. The first kappa shape index (κ1) is 24.0. The van der Waals surface area contributed by atoms with Crippen molar-refractivity contribution < 1.29 is 8.42 Å². The van der Waals surface area contributed by atoms with Crippen LogP contribution in [-0.2, 0) is 16.6 Å². The highest BCUT2D eigenvalue weighted by atomic mass is 32.2. The van der Waals surface area contributed by atoms with Crippen LogP contribution in [0.2, 0.25) is 0 Å². The Morgan fingerprint density at radius 2 is 1.97 bits per heavy atom. The molecule has 4 heterocycles. The summed E-state index contributed by atoms with van der Waals surface area (Å²) in [6.45, 7) is 5.56. The molecule has 1 saturated heterocycles. The van der Waals surface area contributed by atoms with Crippen LogP contribution in [0.4, 0.5) is 23.0 Å². The molecular weight excluding hydrogens is 476 g/mol. The second-order valence-corrected chi connectivity index (χ2v) is 11.0. The molecule has 3 aromatic heterocycles. The number of anilines is 4. The van der Waals surface area contributed by atoms with Crippen LogP contribution < -0.4 is 19.8 Å². The van der Waals surface area contributed by atoms with E-state index in [4.69, 9.17) is 4.98 Å². The van der Waals surface area contributed by atoms with Crippen molar-refractivity contribution in [3.8, 4) is 0 Å². The lowest BCUT2D eigenvalue weighted by Gasteiger charge is -2.36. The van der Waals surface area contributed by atoms with Gasteiger partial charge in [-0.25, -0.2) is 13.4 Å². The van der Waals surface area contributed by atoms with E-state index in [0.717, 1.165) is 36.4 Å². The van der Waals surface area contributed by atoms with E-state index < -0.39 is 10.0 Å². The molecule has 0 bridgehead atoms. The van der Waals surface area contributed by atoms with Gasteiger partial charge in [-0.05, 0) is 49.4 Å². The number of rotatable bonds is 7. The zero-order valence-corrected chi connectivity index (χ0v) is 21.4. The van der Waals surface area contributed by atoms with Crippen LogP contribution in [0.5, 0.6) is 0 Å². The summed E-state index contributed by atoms with van der Waals surface area (Å²) in [5, 5.41) is 7.60. The SMILES string of the molecule is CC1CNCCN1c1ccc(Nc2ncc3ccn(Cc4ncccc4N(C)S(C)(=O)=O)c3n2)cc1. The van der Waals surface area contributed by atoms with Gasteiger partial charge in [-0.1, -0.05) is 0 Å². The summed E-state index contributed by atoms with van der Waals surface area (Å²) < 4.78 is 27.4. The lowest BCUT2D eigenvalue weighted by molar-refractivity contribution is 0.501. The Hall–Kier alpha value is -3.70. The number of hydrogen-bond donors (Lipinski definition) is 2. The van der Waals surface area contributed by atoms with E-state index in [9.17, 15) is 8.42 Å². The molecular formula is C25H30N8O2S. The molecule has 0 radical (unpaired) electrons. The molecule has 1 fully saturated rings. The predicted molar refractivity (Wildman–Crippen MR) is 144 cm³/mol. The fourth-order valence-corrected chi connectivity index (χ4v) is 4.95. The number of aromatic nitrogens is 4. The van der Waals surface area contributed by atoms with Gasteiger partial charge in [0, 0.05) is 68.1 Å². The number of hydrogen-bond acceptors (Lipinski definition) is 8. The van der Waals surface area contributed by atoms with Crippen LogP contribution in [0.25, 0.3) is 11.0 Å². The maximum Gasteiger partial charge on any atom is 0.232 e. The summed E-state index contributed by atoms with van der Waals surface area (Å²) >= 11 is 0. The quantitative estimate of drug-likeness (QED) is 0.394. The van der Waals surface area contributed by atoms with E-state index in [-0.39, 0.29) is 0 Å². The smallest absolute Gasteiger partial charge is 0.232 e. The van der Waals surface area contributed by atoms with E-state index in [1.54, 1.807) is 24.5 Å². The Bertz CT molecular complexity index is 1470. The van der Waals surface area contributed by atoms with Crippen molar-refractivity contribution >= 4 is 44.1 Å². The number of piperazine rings is 1. The summed E-state index contributed by atoms with van der Waals surface area (Å²) in [4.78, 5) is 16.1. The average molecular weight is 507 g/mol. The lowest BCUT2D eigenvalue weighted by Crippen LogP contribution is -2.49. The molecule has 2 N–H and O–H groups in total. The van der Waals surface area contributed by atoms with Gasteiger partial charge in [-0.2, -0.15) is 4.98 Å². The van der Waals surface area contributed by atoms with Gasteiger partial charge in [-0.3, -0.25) is 9.29 Å². The first-order chi connectivity index (χ1) is 17.3. The summed E-state index contributed by atoms with van der Waals surface area (Å²) in [6, 6.07) is 14.2. The first-order valence-corrected chi connectivity index (χ1v) is 13.7. The van der Waals surface area contributed by atoms with Crippen molar-refractivity contribution in [1.82, 2.24) is 24.8 Å². The van der Waals surface area contributed by atoms with Gasteiger partial charge in [0.1, 0.15) is 5.65 Å². The van der Waals surface area contributed by atoms with Gasteiger partial charge in [0.2, 0.25) is 16.0 Å². The number of sulfonamides is 1. The van der Waals surface area contributed by atoms with E-state index in [1.807, 2.05) is 29.0 Å². The largest absolute Gasteiger partial charge is 0.366 e. The average Bonchev–Trinajstić information content (AvgIpc) is 3.26. The molecule has 1 aliphatic heterocycles. The number of nitrogens with one attached hydrogen (secondary N) is 2. The fraction of sp³-hybridized carbons (Fsp3) is 0.320. The van der Waals surface area contributed by atoms with E-state index in [0.29, 0.717) is 29.9 Å². The van der Waals surface area contributed by atoms with Gasteiger partial charge < -0.3 is 20.1 Å². The standard InChI is InChI=1S/C25H30N8O2S/c1-18-15-26-12-14-33(18)21-8-6-20(7-9-21)29-25-28-16-19-10-13-32(24(19)30-25)17-22-23(5-4-11-27-22)31(2)36(3,34)35/h4-11,13,16,18,26H,12,14-15,17H2,1-3H3,(H,28,29,30). The second-order valence-electron chi connectivity index (χ2n) is 9.03. The molecule has 188 valence electrons. The topological polar surface area (TPSA) is 108 Å². The Balaban J connectivity index is 1.37. The monoisotopic (exact) mass is 506 g/mol. The molecule has 36 heavy (non-hydrogen) atoms. The van der Waals surface area contributed by atoms with Crippen molar-refractivity contribution in [3.05, 3.63) is 66.7 Å². The molecule has 0 saturated carbocycles. The molecule has 10 nitrogen and oxygen atoms in total. The van der Waals surface area contributed by atoms with Crippen LogP contribution in [0.3, 0.4) is 0 Å². The summed E-state index contributed by atoms with van der Waals surface area (Å²) in [6.07, 6.45) is 6.52. The highest BCUT2D eigenvalue weighted by Gasteiger charge is 2.19. The van der Waals surface area contributed by atoms with Crippen LogP contribution >= 0.6 is 0 Å². The van der Waals surface area contributed by atoms with Crippen molar-refractivity contribution in [2.45, 2.75) is 19.5 Å². The Morgan fingerprint density at radius 3 is 2.72 bits per heavy atom. The fourth-order valence-electron chi connectivity index (χ4n) is 4.43. The highest BCUT2D eigenvalue weighted by molar-refractivity contribution is 7.92. The molecule has 1 aliphatic rings. The number of nitrogens with zero attached hydrogens (tertiary/aromatic N) is 6. The van der Waals surface area contributed by atoms with Gasteiger partial charge in [-0.15, -0.1) is 0 Å². The number of benzene rings is 1. The van der Waals surface area contributed by atoms with Crippen molar-refractivity contribution in [1.29, 1.82) is 0 Å². The predicted octanol–water partition coefficient (Wildman–Crippen LogP) is 2.81. The lowest BCUT2D eigenvalue weighted by atomic mass is 10.1. The van der Waals surface area contributed by atoms with Gasteiger partial charge in [0.05, 0.1) is 24.2 Å². The Kier molecular flexibility index (Phi) is 6.50. The second kappa shape index (κ2) is 9.75. The normalized spacial score (nSPS) is 16.3. The van der Waals surface area contributed by atoms with E-state index >= 15 is 0 Å². The van der Waals surface area contributed by atoms with Crippen LogP contribution in [-0.4, -0.2) is 66.9 Å². The minimum Gasteiger partial charge on any atom is -0.366 e. The summed E-state index contributed by atoms with van der Waals surface area (Å²) in [5.41, 5.74) is 4.00. The molecule has 1 aromatic carbocycles. The summed E-state index contributed by atoms with van der Waals surface area (Å²) in [5.74, 6) is 0.486. The molecule has 0 amide bonds. The van der Waals surface area contributed by atoms with E-state index in [2.05, 4.69) is 44.6 Å². The molecule has 0 aliphatic carbocycles. The van der Waals surface area contributed by atoms with Gasteiger partial charge >= 0.3 is 0 Å². The Morgan fingerprint density at radius 1 is 1.17 bits per heavy atom. The Labute approximate surface area is 211 Å². The van der Waals surface area contributed by atoms with Gasteiger partial charge in [0.25, 0.3) is 0 Å². The van der Waals surface area contributed by atoms with Crippen LogP contribution in [0.15, 0.2) is 61.1 Å². The van der Waals surface area contributed by atoms with Gasteiger partial charge in [0.15, 0.2) is 0 Å². The third-order valence-corrected chi connectivity index (χ3v) is 7.67. The minimum absolute atomic E-state index is 0.369. The molecule has 1 unspecified atom stereocenters. The van der Waals surface area contributed by atoms with Crippen molar-refractivity contribution in [3.63, 3.8) is 0 Å². The van der Waals surface area contributed by atoms with Crippen LogP contribution in [0.1, 0.15) is 12.6 Å².